The SMILES string of the molecule is c1cnc(-n2cccn2)c(CNCc2cn[nH]c2-c2cc3ccccc3o2)c1. The zero-order chi connectivity index (χ0) is 18.8. The molecule has 0 spiro atoms. The molecule has 0 atom stereocenters. The maximum atomic E-state index is 5.97. The minimum absolute atomic E-state index is 0.649. The lowest BCUT2D eigenvalue weighted by molar-refractivity contribution is 0.624. The van der Waals surface area contributed by atoms with E-state index in [0.717, 1.165) is 39.4 Å². The Hall–Kier alpha value is -3.71. The Bertz CT molecular complexity index is 1170. The summed E-state index contributed by atoms with van der Waals surface area (Å²) in [6, 6.07) is 15.9. The smallest absolute Gasteiger partial charge is 0.157 e. The van der Waals surface area contributed by atoms with Gasteiger partial charge in [-0.2, -0.15) is 10.2 Å². The fraction of sp³-hybridized carbons (Fsp3) is 0.0952. The van der Waals surface area contributed by atoms with Gasteiger partial charge in [-0.1, -0.05) is 24.3 Å². The molecular formula is C21H18N6O. The van der Waals surface area contributed by atoms with E-state index in [0.29, 0.717) is 13.1 Å². The molecule has 0 unspecified atom stereocenters. The Morgan fingerprint density at radius 1 is 1.00 bits per heavy atom. The third kappa shape index (κ3) is 3.08. The molecule has 0 saturated carbocycles. The maximum Gasteiger partial charge on any atom is 0.157 e. The van der Waals surface area contributed by atoms with E-state index in [-0.39, 0.29) is 0 Å². The summed E-state index contributed by atoms with van der Waals surface area (Å²) in [6.45, 7) is 1.31. The molecule has 0 aliphatic heterocycles. The van der Waals surface area contributed by atoms with E-state index in [9.17, 15) is 0 Å². The van der Waals surface area contributed by atoms with Crippen LogP contribution in [0.4, 0.5) is 0 Å². The van der Waals surface area contributed by atoms with Gasteiger partial charge in [-0.05, 0) is 24.3 Å². The summed E-state index contributed by atoms with van der Waals surface area (Å²) in [7, 11) is 0. The molecule has 0 aliphatic rings. The van der Waals surface area contributed by atoms with Crippen molar-refractivity contribution in [2.45, 2.75) is 13.1 Å². The molecule has 4 heterocycles. The van der Waals surface area contributed by atoms with Crippen molar-refractivity contribution in [3.63, 3.8) is 0 Å². The molecule has 0 radical (unpaired) electrons. The predicted octanol–water partition coefficient (Wildman–Crippen LogP) is 3.69. The van der Waals surface area contributed by atoms with Gasteiger partial charge < -0.3 is 9.73 Å². The van der Waals surface area contributed by atoms with Crippen molar-refractivity contribution in [3.05, 3.63) is 84.4 Å². The average Bonchev–Trinajstić information content (AvgIpc) is 3.48. The van der Waals surface area contributed by atoms with Crippen LogP contribution >= 0.6 is 0 Å². The quantitative estimate of drug-likeness (QED) is 0.476. The topological polar surface area (TPSA) is 84.6 Å². The van der Waals surface area contributed by atoms with Crippen LogP contribution < -0.4 is 5.32 Å². The standard InChI is InChI=1S/C21H18N6O/c1-2-7-18-15(5-1)11-19(28-18)20-17(14-24-26-20)13-22-12-16-6-3-8-23-21(16)27-10-4-9-25-27/h1-11,14,22H,12-13H2,(H,24,26). The number of aromatic amines is 1. The van der Waals surface area contributed by atoms with E-state index < -0.39 is 0 Å². The first kappa shape index (κ1) is 16.5. The van der Waals surface area contributed by atoms with Gasteiger partial charge in [-0.25, -0.2) is 9.67 Å². The summed E-state index contributed by atoms with van der Waals surface area (Å²) in [5.41, 5.74) is 3.87. The highest BCUT2D eigenvalue weighted by molar-refractivity contribution is 5.82. The van der Waals surface area contributed by atoms with E-state index in [4.69, 9.17) is 4.42 Å². The molecule has 5 aromatic rings. The lowest BCUT2D eigenvalue weighted by Gasteiger charge is -2.09. The molecule has 0 fully saturated rings. The number of H-pyrrole nitrogens is 1. The fourth-order valence-corrected chi connectivity index (χ4v) is 3.26. The van der Waals surface area contributed by atoms with E-state index in [1.165, 1.54) is 0 Å². The van der Waals surface area contributed by atoms with Crippen molar-refractivity contribution in [1.29, 1.82) is 0 Å². The zero-order valence-electron chi connectivity index (χ0n) is 15.0. The van der Waals surface area contributed by atoms with Crippen LogP contribution in [0.15, 0.2) is 77.7 Å². The van der Waals surface area contributed by atoms with Crippen LogP contribution in [0, 0.1) is 0 Å². The number of furan rings is 1. The van der Waals surface area contributed by atoms with Crippen LogP contribution in [0.5, 0.6) is 0 Å². The Morgan fingerprint density at radius 2 is 1.93 bits per heavy atom. The second-order valence-corrected chi connectivity index (χ2v) is 6.46. The van der Waals surface area contributed by atoms with E-state index in [1.54, 1.807) is 17.1 Å². The summed E-state index contributed by atoms with van der Waals surface area (Å²) in [5.74, 6) is 1.61. The third-order valence-corrected chi connectivity index (χ3v) is 4.61. The van der Waals surface area contributed by atoms with Gasteiger partial charge in [0.2, 0.25) is 0 Å². The molecule has 0 amide bonds. The molecule has 4 aromatic heterocycles. The first-order valence-corrected chi connectivity index (χ1v) is 9.04. The molecule has 0 saturated heterocycles. The van der Waals surface area contributed by atoms with Crippen molar-refractivity contribution in [1.82, 2.24) is 30.3 Å². The van der Waals surface area contributed by atoms with Crippen molar-refractivity contribution in [2.75, 3.05) is 0 Å². The van der Waals surface area contributed by atoms with E-state index >= 15 is 0 Å². The van der Waals surface area contributed by atoms with Gasteiger partial charge in [0.25, 0.3) is 0 Å². The van der Waals surface area contributed by atoms with Crippen molar-refractivity contribution in [2.24, 2.45) is 0 Å². The number of aromatic nitrogens is 5. The average molecular weight is 370 g/mol. The molecular weight excluding hydrogens is 352 g/mol. The summed E-state index contributed by atoms with van der Waals surface area (Å²) in [5, 5.41) is 16.1. The van der Waals surface area contributed by atoms with Crippen LogP contribution in [0.2, 0.25) is 0 Å². The normalized spacial score (nSPS) is 11.3. The molecule has 138 valence electrons. The van der Waals surface area contributed by atoms with Crippen LogP contribution in [0.1, 0.15) is 11.1 Å². The minimum atomic E-state index is 0.649. The molecule has 2 N–H and O–H groups in total. The molecule has 5 rings (SSSR count). The van der Waals surface area contributed by atoms with Crippen LogP contribution in [-0.4, -0.2) is 25.0 Å². The van der Waals surface area contributed by atoms with Gasteiger partial charge in [0.1, 0.15) is 11.3 Å². The van der Waals surface area contributed by atoms with Crippen LogP contribution in [0.25, 0.3) is 28.2 Å². The van der Waals surface area contributed by atoms with E-state index in [2.05, 4.69) is 25.6 Å². The highest BCUT2D eigenvalue weighted by Crippen LogP contribution is 2.28. The molecule has 7 nitrogen and oxygen atoms in total. The number of benzene rings is 1. The predicted molar refractivity (Wildman–Crippen MR) is 106 cm³/mol. The second-order valence-electron chi connectivity index (χ2n) is 6.46. The maximum absolute atomic E-state index is 5.97. The lowest BCUT2D eigenvalue weighted by atomic mass is 10.2. The zero-order valence-corrected chi connectivity index (χ0v) is 15.0. The Balaban J connectivity index is 1.33. The van der Waals surface area contributed by atoms with Crippen molar-refractivity contribution >= 4 is 11.0 Å². The largest absolute Gasteiger partial charge is 0.454 e. The van der Waals surface area contributed by atoms with Crippen LogP contribution in [-0.2, 0) is 13.1 Å². The minimum Gasteiger partial charge on any atom is -0.454 e. The van der Waals surface area contributed by atoms with Crippen LogP contribution in [0.3, 0.4) is 0 Å². The second kappa shape index (κ2) is 7.13. The molecule has 7 heteroatoms. The number of para-hydroxylation sites is 1. The molecule has 28 heavy (non-hydrogen) atoms. The third-order valence-electron chi connectivity index (χ3n) is 4.61. The Labute approximate surface area is 161 Å². The van der Waals surface area contributed by atoms with E-state index in [1.807, 2.05) is 60.9 Å². The molecule has 0 aliphatic carbocycles. The number of hydrogen-bond acceptors (Lipinski definition) is 5. The van der Waals surface area contributed by atoms with Gasteiger partial charge in [0, 0.05) is 48.2 Å². The number of hydrogen-bond donors (Lipinski definition) is 2. The van der Waals surface area contributed by atoms with Gasteiger partial charge >= 0.3 is 0 Å². The highest BCUT2D eigenvalue weighted by Gasteiger charge is 2.13. The highest BCUT2D eigenvalue weighted by atomic mass is 16.3. The van der Waals surface area contributed by atoms with Gasteiger partial charge in [0.15, 0.2) is 11.6 Å². The number of nitrogens with zero attached hydrogens (tertiary/aromatic N) is 4. The Morgan fingerprint density at radius 3 is 2.82 bits per heavy atom. The van der Waals surface area contributed by atoms with Gasteiger partial charge in [0.05, 0.1) is 6.20 Å². The summed E-state index contributed by atoms with van der Waals surface area (Å²) < 4.78 is 7.74. The van der Waals surface area contributed by atoms with Crippen molar-refractivity contribution in [3.8, 4) is 17.3 Å². The lowest BCUT2D eigenvalue weighted by Crippen LogP contribution is -2.15. The molecule has 1 aromatic carbocycles. The summed E-state index contributed by atoms with van der Waals surface area (Å²) in [6.07, 6.45) is 7.24. The van der Waals surface area contributed by atoms with Crippen molar-refractivity contribution < 1.29 is 4.42 Å². The first-order valence-electron chi connectivity index (χ1n) is 9.04. The van der Waals surface area contributed by atoms with Gasteiger partial charge in [-0.3, -0.25) is 5.10 Å². The number of pyridine rings is 1. The fourth-order valence-electron chi connectivity index (χ4n) is 3.26. The number of nitrogens with one attached hydrogen (secondary N) is 2. The Kier molecular flexibility index (Phi) is 4.19. The number of fused-ring (bicyclic) bond motifs is 1. The van der Waals surface area contributed by atoms with Gasteiger partial charge in [-0.15, -0.1) is 0 Å². The number of rotatable bonds is 6. The molecule has 0 bridgehead atoms. The summed E-state index contributed by atoms with van der Waals surface area (Å²) >= 11 is 0. The first-order chi connectivity index (χ1) is 13.9. The summed E-state index contributed by atoms with van der Waals surface area (Å²) in [4.78, 5) is 4.45. The monoisotopic (exact) mass is 370 g/mol.